The molecule has 5 rings (SSSR count). The Kier molecular flexibility index (Phi) is 5.85. The normalized spacial score (nSPS) is 16.6. The molecule has 0 radical (unpaired) electrons. The Bertz CT molecular complexity index is 1350. The lowest BCUT2D eigenvalue weighted by molar-refractivity contribution is -0.132. The first-order chi connectivity index (χ1) is 16.5. The molecule has 34 heavy (non-hydrogen) atoms. The van der Waals surface area contributed by atoms with Gasteiger partial charge in [0, 0.05) is 28.4 Å². The molecular formula is C25H21FN4O3S. The molecule has 2 aromatic heterocycles. The van der Waals surface area contributed by atoms with Crippen molar-refractivity contribution in [2.45, 2.75) is 18.5 Å². The number of imide groups is 1. The zero-order valence-corrected chi connectivity index (χ0v) is 18.8. The molecule has 4 amide bonds. The number of nitrogens with one attached hydrogen (secondary N) is 3. The van der Waals surface area contributed by atoms with Crippen molar-refractivity contribution in [3.8, 4) is 0 Å². The first-order valence-corrected chi connectivity index (χ1v) is 11.6. The van der Waals surface area contributed by atoms with Crippen LogP contribution in [0.1, 0.15) is 22.0 Å². The molecule has 3 N–H and O–H groups in total. The average Bonchev–Trinajstić information content (AvgIpc) is 3.56. The number of hydrogen-bond acceptors (Lipinski definition) is 4. The summed E-state index contributed by atoms with van der Waals surface area (Å²) < 4.78 is 13.4. The summed E-state index contributed by atoms with van der Waals surface area (Å²) in [5.41, 5.74) is 2.56. The van der Waals surface area contributed by atoms with Gasteiger partial charge in [-0.25, -0.2) is 9.18 Å². The van der Waals surface area contributed by atoms with Gasteiger partial charge in [0.25, 0.3) is 5.91 Å². The van der Waals surface area contributed by atoms with E-state index in [1.54, 1.807) is 12.1 Å². The van der Waals surface area contributed by atoms with E-state index in [1.807, 2.05) is 48.0 Å². The van der Waals surface area contributed by atoms with Crippen molar-refractivity contribution in [2.24, 2.45) is 0 Å². The molecule has 2 atom stereocenters. The number of H-pyrrole nitrogens is 1. The Morgan fingerprint density at radius 3 is 2.65 bits per heavy atom. The summed E-state index contributed by atoms with van der Waals surface area (Å²) in [5.74, 6) is -1.31. The number of aromatic nitrogens is 1. The van der Waals surface area contributed by atoms with Crippen LogP contribution in [0.25, 0.3) is 10.9 Å². The molecule has 1 fully saturated rings. The summed E-state index contributed by atoms with van der Waals surface area (Å²) in [6.45, 7) is -0.405. The summed E-state index contributed by atoms with van der Waals surface area (Å²) in [4.78, 5) is 43.3. The SMILES string of the molecule is O=C(CN1C(=O)N[C@H](Cc2c[nH]c3ccccc23)C1=O)N[C@@H](c1ccc(F)cc1)c1cccs1. The Morgan fingerprint density at radius 1 is 1.09 bits per heavy atom. The van der Waals surface area contributed by atoms with Gasteiger partial charge < -0.3 is 15.6 Å². The van der Waals surface area contributed by atoms with Crippen molar-refractivity contribution in [1.82, 2.24) is 20.5 Å². The van der Waals surface area contributed by atoms with E-state index < -0.39 is 36.5 Å². The Labute approximate surface area is 198 Å². The molecule has 0 saturated carbocycles. The number of urea groups is 1. The summed E-state index contributed by atoms with van der Waals surface area (Å²) in [7, 11) is 0. The van der Waals surface area contributed by atoms with Crippen molar-refractivity contribution in [1.29, 1.82) is 0 Å². The molecule has 1 aliphatic heterocycles. The molecule has 7 nitrogen and oxygen atoms in total. The van der Waals surface area contributed by atoms with Gasteiger partial charge in [0.1, 0.15) is 18.4 Å². The highest BCUT2D eigenvalue weighted by molar-refractivity contribution is 7.10. The molecule has 2 aromatic carbocycles. The average molecular weight is 477 g/mol. The molecule has 0 unspecified atom stereocenters. The van der Waals surface area contributed by atoms with Gasteiger partial charge in [0.2, 0.25) is 5.91 Å². The molecule has 3 heterocycles. The van der Waals surface area contributed by atoms with Gasteiger partial charge in [0.05, 0.1) is 6.04 Å². The van der Waals surface area contributed by atoms with Crippen LogP contribution in [0.4, 0.5) is 9.18 Å². The molecule has 172 valence electrons. The minimum Gasteiger partial charge on any atom is -0.361 e. The second kappa shape index (κ2) is 9.11. The van der Waals surface area contributed by atoms with E-state index in [0.717, 1.165) is 26.2 Å². The molecule has 1 aliphatic rings. The van der Waals surface area contributed by atoms with Crippen LogP contribution < -0.4 is 10.6 Å². The topological polar surface area (TPSA) is 94.3 Å². The monoisotopic (exact) mass is 476 g/mol. The lowest BCUT2D eigenvalue weighted by atomic mass is 10.0. The van der Waals surface area contributed by atoms with Gasteiger partial charge in [-0.3, -0.25) is 14.5 Å². The lowest BCUT2D eigenvalue weighted by Crippen LogP contribution is -2.42. The predicted molar refractivity (Wildman–Crippen MR) is 127 cm³/mol. The van der Waals surface area contributed by atoms with Crippen LogP contribution in [-0.2, 0) is 16.0 Å². The van der Waals surface area contributed by atoms with Gasteiger partial charge in [-0.15, -0.1) is 11.3 Å². The van der Waals surface area contributed by atoms with Gasteiger partial charge in [-0.05, 0) is 40.8 Å². The number of hydrogen-bond donors (Lipinski definition) is 3. The summed E-state index contributed by atoms with van der Waals surface area (Å²) in [6, 6.07) is 15.4. The lowest BCUT2D eigenvalue weighted by Gasteiger charge is -2.20. The fourth-order valence-corrected chi connectivity index (χ4v) is 4.97. The van der Waals surface area contributed by atoms with Crippen LogP contribution in [0, 0.1) is 5.82 Å². The van der Waals surface area contributed by atoms with Gasteiger partial charge >= 0.3 is 6.03 Å². The number of nitrogens with zero attached hydrogens (tertiary/aromatic N) is 1. The molecule has 1 saturated heterocycles. The minimum absolute atomic E-state index is 0.320. The van der Waals surface area contributed by atoms with E-state index in [0.29, 0.717) is 12.0 Å². The number of benzene rings is 2. The number of carbonyl (C=O) groups excluding carboxylic acids is 3. The third-order valence-electron chi connectivity index (χ3n) is 5.84. The molecule has 0 aliphatic carbocycles. The first kappa shape index (κ1) is 21.8. The second-order valence-electron chi connectivity index (χ2n) is 8.06. The van der Waals surface area contributed by atoms with Crippen LogP contribution in [0.5, 0.6) is 0 Å². The number of aromatic amines is 1. The van der Waals surface area contributed by atoms with E-state index in [4.69, 9.17) is 0 Å². The van der Waals surface area contributed by atoms with Crippen molar-refractivity contribution < 1.29 is 18.8 Å². The van der Waals surface area contributed by atoms with E-state index >= 15 is 0 Å². The minimum atomic E-state index is -0.746. The van der Waals surface area contributed by atoms with E-state index in [-0.39, 0.29) is 5.82 Å². The van der Waals surface area contributed by atoms with Crippen molar-refractivity contribution >= 4 is 40.1 Å². The van der Waals surface area contributed by atoms with Crippen LogP contribution in [-0.4, -0.2) is 40.3 Å². The molecule has 4 aromatic rings. The quantitative estimate of drug-likeness (QED) is 0.355. The third kappa shape index (κ3) is 4.29. The maximum absolute atomic E-state index is 13.4. The highest BCUT2D eigenvalue weighted by Gasteiger charge is 2.39. The van der Waals surface area contributed by atoms with Crippen molar-refractivity contribution in [3.05, 3.63) is 94.1 Å². The number of amides is 4. The number of halogens is 1. The first-order valence-electron chi connectivity index (χ1n) is 10.7. The Balaban J connectivity index is 1.28. The zero-order chi connectivity index (χ0) is 23.7. The van der Waals surface area contributed by atoms with Crippen LogP contribution in [0.2, 0.25) is 0 Å². The number of para-hydroxylation sites is 1. The molecule has 0 bridgehead atoms. The van der Waals surface area contributed by atoms with E-state index in [1.165, 1.54) is 23.5 Å². The molecular weight excluding hydrogens is 455 g/mol. The predicted octanol–water partition coefficient (Wildman–Crippen LogP) is 3.74. The highest BCUT2D eigenvalue weighted by Crippen LogP contribution is 2.26. The van der Waals surface area contributed by atoms with E-state index in [9.17, 15) is 18.8 Å². The largest absolute Gasteiger partial charge is 0.361 e. The maximum atomic E-state index is 13.4. The van der Waals surface area contributed by atoms with Gasteiger partial charge in [0.15, 0.2) is 0 Å². The number of rotatable bonds is 7. The fraction of sp³-hybridized carbons (Fsp3) is 0.160. The second-order valence-corrected chi connectivity index (χ2v) is 9.04. The molecule has 0 spiro atoms. The third-order valence-corrected chi connectivity index (χ3v) is 6.78. The number of thiophene rings is 1. The smallest absolute Gasteiger partial charge is 0.325 e. The van der Waals surface area contributed by atoms with Crippen LogP contribution in [0.15, 0.2) is 72.2 Å². The highest BCUT2D eigenvalue weighted by atomic mass is 32.1. The maximum Gasteiger partial charge on any atom is 0.325 e. The van der Waals surface area contributed by atoms with Crippen LogP contribution in [0.3, 0.4) is 0 Å². The summed E-state index contributed by atoms with van der Waals surface area (Å²) in [6.07, 6.45) is 2.15. The Hall–Kier alpha value is -3.98. The van der Waals surface area contributed by atoms with Gasteiger partial charge in [-0.2, -0.15) is 0 Å². The number of fused-ring (bicyclic) bond motifs is 1. The number of carbonyl (C=O) groups is 3. The van der Waals surface area contributed by atoms with Gasteiger partial charge in [-0.1, -0.05) is 36.4 Å². The summed E-state index contributed by atoms with van der Waals surface area (Å²) in [5, 5.41) is 8.43. The van der Waals surface area contributed by atoms with E-state index in [2.05, 4.69) is 15.6 Å². The Morgan fingerprint density at radius 2 is 1.88 bits per heavy atom. The zero-order valence-electron chi connectivity index (χ0n) is 18.0. The molecule has 9 heteroatoms. The van der Waals surface area contributed by atoms with Crippen molar-refractivity contribution in [2.75, 3.05) is 6.54 Å². The standard InChI is InChI=1S/C25H21FN4O3S/c26-17-9-7-15(8-10-17)23(21-6-3-11-34-21)29-22(31)14-30-24(32)20(28-25(30)33)12-16-13-27-19-5-2-1-4-18(16)19/h1-11,13,20,23,27H,12,14H2,(H,28,33)(H,29,31)/t20-,23+/m1/s1. The van der Waals surface area contributed by atoms with Crippen molar-refractivity contribution in [3.63, 3.8) is 0 Å². The van der Waals surface area contributed by atoms with Crippen LogP contribution >= 0.6 is 11.3 Å². The summed E-state index contributed by atoms with van der Waals surface area (Å²) >= 11 is 1.45. The fourth-order valence-electron chi connectivity index (χ4n) is 4.17.